The summed E-state index contributed by atoms with van der Waals surface area (Å²) in [4.78, 5) is 17.1. The van der Waals surface area contributed by atoms with Crippen LogP contribution in [-0.2, 0) is 6.18 Å². The molecule has 1 N–H and O–H groups in total. The molecule has 0 spiro atoms. The molecule has 1 heterocycles. The number of carbonyl (C=O) groups is 1. The summed E-state index contributed by atoms with van der Waals surface area (Å²) in [6.45, 7) is 2.20. The van der Waals surface area contributed by atoms with E-state index in [4.69, 9.17) is 9.47 Å². The maximum atomic E-state index is 12.8. The van der Waals surface area contributed by atoms with Crippen molar-refractivity contribution in [3.05, 3.63) is 83.9 Å². The number of aromatic nitrogens is 3. The first-order chi connectivity index (χ1) is 16.8. The molecule has 0 fully saturated rings. The Kier molecular flexibility index (Phi) is 6.72. The van der Waals surface area contributed by atoms with Crippen LogP contribution in [0.3, 0.4) is 0 Å². The van der Waals surface area contributed by atoms with Crippen molar-refractivity contribution in [3.63, 3.8) is 0 Å². The van der Waals surface area contributed by atoms with E-state index in [-0.39, 0.29) is 11.6 Å². The SMILES string of the molecule is CCOc1nc(-c2cccc(OC)c2)n(-c2cccc(NC(=O)c3ccc(C(F)(F)F)cc3)c2)n1. The third kappa shape index (κ3) is 5.43. The van der Waals surface area contributed by atoms with Gasteiger partial charge >= 0.3 is 12.2 Å². The minimum atomic E-state index is -4.47. The molecule has 4 aromatic rings. The van der Waals surface area contributed by atoms with Crippen molar-refractivity contribution < 1.29 is 27.4 Å². The number of methoxy groups -OCH3 is 1. The first-order valence-corrected chi connectivity index (χ1v) is 10.6. The lowest BCUT2D eigenvalue weighted by Crippen LogP contribution is -2.13. The highest BCUT2D eigenvalue weighted by atomic mass is 19.4. The fourth-order valence-electron chi connectivity index (χ4n) is 3.34. The largest absolute Gasteiger partial charge is 0.497 e. The van der Waals surface area contributed by atoms with Gasteiger partial charge in [-0.15, -0.1) is 5.10 Å². The highest BCUT2D eigenvalue weighted by molar-refractivity contribution is 6.04. The van der Waals surface area contributed by atoms with Crippen molar-refractivity contribution in [1.29, 1.82) is 0 Å². The Morgan fingerprint density at radius 3 is 2.46 bits per heavy atom. The van der Waals surface area contributed by atoms with Crippen molar-refractivity contribution >= 4 is 11.6 Å². The molecule has 0 unspecified atom stereocenters. The number of halogens is 3. The quantitative estimate of drug-likeness (QED) is 0.370. The maximum Gasteiger partial charge on any atom is 0.416 e. The lowest BCUT2D eigenvalue weighted by Gasteiger charge is -2.11. The van der Waals surface area contributed by atoms with Crippen molar-refractivity contribution in [2.75, 3.05) is 19.0 Å². The topological polar surface area (TPSA) is 78.3 Å². The summed E-state index contributed by atoms with van der Waals surface area (Å²) in [5.74, 6) is 0.601. The predicted molar refractivity (Wildman–Crippen MR) is 124 cm³/mol. The molecule has 35 heavy (non-hydrogen) atoms. The van der Waals surface area contributed by atoms with Gasteiger partial charge in [-0.3, -0.25) is 4.79 Å². The van der Waals surface area contributed by atoms with Crippen LogP contribution in [0.25, 0.3) is 17.1 Å². The molecule has 0 radical (unpaired) electrons. The zero-order valence-corrected chi connectivity index (χ0v) is 18.8. The molecule has 0 saturated carbocycles. The van der Waals surface area contributed by atoms with Gasteiger partial charge in [-0.05, 0) is 61.5 Å². The fourth-order valence-corrected chi connectivity index (χ4v) is 3.34. The number of anilines is 1. The second kappa shape index (κ2) is 9.88. The second-order valence-electron chi connectivity index (χ2n) is 7.37. The van der Waals surface area contributed by atoms with Gasteiger partial charge in [0, 0.05) is 16.8 Å². The number of benzene rings is 3. The third-order valence-electron chi connectivity index (χ3n) is 5.01. The first-order valence-electron chi connectivity index (χ1n) is 10.6. The van der Waals surface area contributed by atoms with E-state index < -0.39 is 17.6 Å². The van der Waals surface area contributed by atoms with E-state index in [1.54, 1.807) is 36.1 Å². The highest BCUT2D eigenvalue weighted by Gasteiger charge is 2.30. The van der Waals surface area contributed by atoms with Gasteiger partial charge in [0.15, 0.2) is 5.82 Å². The van der Waals surface area contributed by atoms with Crippen LogP contribution < -0.4 is 14.8 Å². The lowest BCUT2D eigenvalue weighted by molar-refractivity contribution is -0.137. The number of nitrogens with one attached hydrogen (secondary N) is 1. The zero-order chi connectivity index (χ0) is 25.0. The lowest BCUT2D eigenvalue weighted by atomic mass is 10.1. The Bertz CT molecular complexity index is 1330. The van der Waals surface area contributed by atoms with E-state index >= 15 is 0 Å². The molecule has 4 rings (SSSR count). The molecule has 7 nitrogen and oxygen atoms in total. The number of carbonyl (C=O) groups excluding carboxylic acids is 1. The molecule has 0 aliphatic heterocycles. The van der Waals surface area contributed by atoms with Crippen LogP contribution in [0.15, 0.2) is 72.8 Å². The molecule has 1 aromatic heterocycles. The van der Waals surface area contributed by atoms with Crippen LogP contribution in [0, 0.1) is 0 Å². The van der Waals surface area contributed by atoms with Crippen LogP contribution in [0.1, 0.15) is 22.8 Å². The maximum absolute atomic E-state index is 12.8. The van der Waals surface area contributed by atoms with E-state index in [9.17, 15) is 18.0 Å². The van der Waals surface area contributed by atoms with E-state index in [1.807, 2.05) is 31.2 Å². The Balaban J connectivity index is 1.64. The monoisotopic (exact) mass is 482 g/mol. The van der Waals surface area contributed by atoms with Gasteiger partial charge in [0.05, 0.1) is 25.0 Å². The number of hydrogen-bond acceptors (Lipinski definition) is 5. The Labute approximate surface area is 199 Å². The average Bonchev–Trinajstić information content (AvgIpc) is 3.28. The Hall–Kier alpha value is -4.34. The van der Waals surface area contributed by atoms with Gasteiger partial charge in [0.1, 0.15) is 5.75 Å². The molecular formula is C25H21F3N4O3. The van der Waals surface area contributed by atoms with E-state index in [0.717, 1.165) is 29.8 Å². The van der Waals surface area contributed by atoms with Gasteiger partial charge in [-0.25, -0.2) is 4.68 Å². The van der Waals surface area contributed by atoms with Crippen LogP contribution in [0.4, 0.5) is 18.9 Å². The fraction of sp³-hybridized carbons (Fsp3) is 0.160. The van der Waals surface area contributed by atoms with E-state index in [2.05, 4.69) is 15.4 Å². The summed E-state index contributed by atoms with van der Waals surface area (Å²) < 4.78 is 50.7. The molecule has 3 aromatic carbocycles. The number of amides is 1. The molecule has 0 saturated heterocycles. The third-order valence-corrected chi connectivity index (χ3v) is 5.01. The molecule has 0 bridgehead atoms. The molecule has 1 amide bonds. The molecule has 180 valence electrons. The molecule has 10 heteroatoms. The highest BCUT2D eigenvalue weighted by Crippen LogP contribution is 2.30. The van der Waals surface area contributed by atoms with Crippen LogP contribution in [0.2, 0.25) is 0 Å². The molecule has 0 atom stereocenters. The van der Waals surface area contributed by atoms with Gasteiger partial charge in [0.25, 0.3) is 5.91 Å². The molecular weight excluding hydrogens is 461 g/mol. The smallest absolute Gasteiger partial charge is 0.416 e. The summed E-state index contributed by atoms with van der Waals surface area (Å²) in [6, 6.07) is 18.3. The van der Waals surface area contributed by atoms with Crippen molar-refractivity contribution in [2.45, 2.75) is 13.1 Å². The molecule has 0 aliphatic rings. The molecule has 0 aliphatic carbocycles. The number of ether oxygens (including phenoxy) is 2. The van der Waals surface area contributed by atoms with Crippen molar-refractivity contribution in [2.24, 2.45) is 0 Å². The Morgan fingerprint density at radius 1 is 1.03 bits per heavy atom. The summed E-state index contributed by atoms with van der Waals surface area (Å²) in [5, 5.41) is 7.14. The number of nitrogens with zero attached hydrogens (tertiary/aromatic N) is 3. The van der Waals surface area contributed by atoms with Crippen LogP contribution in [-0.4, -0.2) is 34.4 Å². The van der Waals surface area contributed by atoms with E-state index in [0.29, 0.717) is 29.6 Å². The van der Waals surface area contributed by atoms with Gasteiger partial charge in [-0.2, -0.15) is 18.2 Å². The van der Waals surface area contributed by atoms with Crippen molar-refractivity contribution in [1.82, 2.24) is 14.8 Å². The van der Waals surface area contributed by atoms with Crippen molar-refractivity contribution in [3.8, 4) is 28.8 Å². The summed E-state index contributed by atoms with van der Waals surface area (Å²) >= 11 is 0. The van der Waals surface area contributed by atoms with Crippen LogP contribution >= 0.6 is 0 Å². The number of rotatable bonds is 7. The second-order valence-corrected chi connectivity index (χ2v) is 7.37. The summed E-state index contributed by atoms with van der Waals surface area (Å²) in [6.07, 6.45) is -4.47. The van der Waals surface area contributed by atoms with E-state index in [1.165, 1.54) is 0 Å². The van der Waals surface area contributed by atoms with Gasteiger partial charge in [0.2, 0.25) is 0 Å². The predicted octanol–water partition coefficient (Wildman–Crippen LogP) is 5.61. The normalized spacial score (nSPS) is 11.2. The minimum Gasteiger partial charge on any atom is -0.497 e. The Morgan fingerprint density at radius 2 is 1.77 bits per heavy atom. The van der Waals surface area contributed by atoms with Gasteiger partial charge < -0.3 is 14.8 Å². The first kappa shape index (κ1) is 23.8. The minimum absolute atomic E-state index is 0.0971. The number of hydrogen-bond donors (Lipinski definition) is 1. The van der Waals surface area contributed by atoms with Crippen LogP contribution in [0.5, 0.6) is 11.8 Å². The summed E-state index contributed by atoms with van der Waals surface area (Å²) in [7, 11) is 1.57. The average molecular weight is 482 g/mol. The number of alkyl halides is 3. The standard InChI is InChI=1S/C25H21F3N4O3/c1-3-35-24-30-22(17-6-4-9-21(14-17)34-2)32(31-24)20-8-5-7-19(15-20)29-23(33)16-10-12-18(13-11-16)25(26,27)28/h4-15H,3H2,1-2H3,(H,29,33). The summed E-state index contributed by atoms with van der Waals surface area (Å²) in [5.41, 5.74) is 1.03. The zero-order valence-electron chi connectivity index (χ0n) is 18.8. The van der Waals surface area contributed by atoms with Gasteiger partial charge in [-0.1, -0.05) is 18.2 Å².